The van der Waals surface area contributed by atoms with Crippen LogP contribution in [0, 0.1) is 10.1 Å². The summed E-state index contributed by atoms with van der Waals surface area (Å²) in [5, 5.41) is 13.8. The fourth-order valence-corrected chi connectivity index (χ4v) is 1.12. The number of hydrazone groups is 1. The first-order valence-electron chi connectivity index (χ1n) is 4.13. The van der Waals surface area contributed by atoms with Crippen molar-refractivity contribution in [3.63, 3.8) is 0 Å². The molecule has 0 radical (unpaired) electrons. The van der Waals surface area contributed by atoms with Crippen molar-refractivity contribution >= 4 is 21.9 Å². The molecule has 0 aliphatic heterocycles. The molecule has 0 saturated carbocycles. The van der Waals surface area contributed by atoms with Crippen molar-refractivity contribution in [1.82, 2.24) is 4.83 Å². The molecule has 1 rings (SSSR count). The number of rotatable bonds is 4. The summed E-state index contributed by atoms with van der Waals surface area (Å²) in [6.07, 6.45) is 2.23. The predicted octanol–water partition coefficient (Wildman–Crippen LogP) is 0.478. The van der Waals surface area contributed by atoms with Crippen molar-refractivity contribution in [2.45, 2.75) is 0 Å². The zero-order valence-electron chi connectivity index (χ0n) is 8.32. The Hall–Kier alpha value is -1.96. The summed E-state index contributed by atoms with van der Waals surface area (Å²) < 4.78 is 21.3. The summed E-state index contributed by atoms with van der Waals surface area (Å²) in [6.45, 7) is 0. The minimum Gasteiger partial charge on any atom is -0.258 e. The third kappa shape index (κ3) is 4.05. The predicted molar refractivity (Wildman–Crippen MR) is 58.7 cm³/mol. The number of sulfonamides is 1. The Morgan fingerprint density at radius 1 is 1.38 bits per heavy atom. The molecule has 1 N–H and O–H groups in total. The van der Waals surface area contributed by atoms with Gasteiger partial charge in [-0.15, -0.1) is 0 Å². The Kier molecular flexibility index (Phi) is 3.56. The lowest BCUT2D eigenvalue weighted by molar-refractivity contribution is -0.384. The lowest BCUT2D eigenvalue weighted by atomic mass is 10.2. The van der Waals surface area contributed by atoms with Crippen molar-refractivity contribution in [2.24, 2.45) is 5.10 Å². The van der Waals surface area contributed by atoms with Gasteiger partial charge in [-0.3, -0.25) is 10.1 Å². The number of hydrogen-bond acceptors (Lipinski definition) is 5. The van der Waals surface area contributed by atoms with Crippen LogP contribution in [0.4, 0.5) is 5.69 Å². The summed E-state index contributed by atoms with van der Waals surface area (Å²) >= 11 is 0. The van der Waals surface area contributed by atoms with E-state index < -0.39 is 14.9 Å². The molecule has 0 aliphatic carbocycles. The van der Waals surface area contributed by atoms with E-state index in [0.717, 1.165) is 6.26 Å². The lowest BCUT2D eigenvalue weighted by Crippen LogP contribution is -2.15. The fourth-order valence-electron chi connectivity index (χ4n) is 0.879. The number of hydrogen-bond donors (Lipinski definition) is 1. The smallest absolute Gasteiger partial charge is 0.258 e. The van der Waals surface area contributed by atoms with Gasteiger partial charge in [-0.05, 0) is 17.7 Å². The van der Waals surface area contributed by atoms with Crippen molar-refractivity contribution in [1.29, 1.82) is 0 Å². The normalized spacial score (nSPS) is 11.6. The van der Waals surface area contributed by atoms with Crippen LogP contribution in [0.1, 0.15) is 5.56 Å². The first-order chi connectivity index (χ1) is 7.38. The van der Waals surface area contributed by atoms with Gasteiger partial charge in [-0.25, -0.2) is 13.2 Å². The molecular weight excluding hydrogens is 234 g/mol. The van der Waals surface area contributed by atoms with Crippen LogP contribution in [0.25, 0.3) is 0 Å². The van der Waals surface area contributed by atoms with Crippen molar-refractivity contribution < 1.29 is 13.3 Å². The van der Waals surface area contributed by atoms with Crippen LogP contribution in [0.3, 0.4) is 0 Å². The third-order valence-corrected chi connectivity index (χ3v) is 1.97. The quantitative estimate of drug-likeness (QED) is 0.472. The molecule has 0 saturated heterocycles. The largest absolute Gasteiger partial charge is 0.269 e. The summed E-state index contributed by atoms with van der Waals surface area (Å²) in [5.74, 6) is 0. The van der Waals surface area contributed by atoms with Gasteiger partial charge in [-0.2, -0.15) is 5.10 Å². The van der Waals surface area contributed by atoms with Gasteiger partial charge < -0.3 is 0 Å². The maximum atomic E-state index is 10.7. The summed E-state index contributed by atoms with van der Waals surface area (Å²) in [5.41, 5.74) is 0.523. The van der Waals surface area contributed by atoms with Gasteiger partial charge in [0.25, 0.3) is 5.69 Å². The van der Waals surface area contributed by atoms with Crippen LogP contribution >= 0.6 is 0 Å². The zero-order chi connectivity index (χ0) is 12.2. The molecule has 0 heterocycles. The molecular formula is C8H9N3O4S. The maximum Gasteiger partial charge on any atom is 0.269 e. The van der Waals surface area contributed by atoms with Crippen molar-refractivity contribution in [2.75, 3.05) is 6.26 Å². The molecule has 0 aromatic heterocycles. The maximum absolute atomic E-state index is 10.7. The number of non-ortho nitro benzene ring substituents is 1. The molecule has 0 fully saturated rings. The number of nitro benzene ring substituents is 1. The molecule has 7 nitrogen and oxygen atoms in total. The Morgan fingerprint density at radius 3 is 2.38 bits per heavy atom. The number of nitrogens with one attached hydrogen (secondary N) is 1. The SMILES string of the molecule is CS(=O)(=O)NN=Cc1ccc([N+](=O)[O-])cc1. The van der Waals surface area contributed by atoms with E-state index in [1.807, 2.05) is 4.83 Å². The van der Waals surface area contributed by atoms with E-state index >= 15 is 0 Å². The van der Waals surface area contributed by atoms with Gasteiger partial charge in [0.05, 0.1) is 17.4 Å². The number of nitro groups is 1. The third-order valence-electron chi connectivity index (χ3n) is 1.54. The number of benzene rings is 1. The molecule has 0 aliphatic rings. The Bertz CT molecular complexity index is 507. The standard InChI is InChI=1S/C8H9N3O4S/c1-16(14,15)10-9-6-7-2-4-8(5-3-7)11(12)13/h2-6,10H,1H3. The topological polar surface area (TPSA) is 102 Å². The van der Waals surface area contributed by atoms with Gasteiger partial charge in [0, 0.05) is 12.1 Å². The first-order valence-corrected chi connectivity index (χ1v) is 6.02. The molecule has 0 spiro atoms. The molecule has 16 heavy (non-hydrogen) atoms. The van der Waals surface area contributed by atoms with Crippen LogP contribution in [0.15, 0.2) is 29.4 Å². The second kappa shape index (κ2) is 4.71. The highest BCUT2D eigenvalue weighted by atomic mass is 32.2. The molecule has 1 aromatic rings. The molecule has 1 aromatic carbocycles. The van der Waals surface area contributed by atoms with Gasteiger partial charge in [0.1, 0.15) is 0 Å². The summed E-state index contributed by atoms with van der Waals surface area (Å²) in [6, 6.07) is 5.54. The van der Waals surface area contributed by atoms with Gasteiger partial charge >= 0.3 is 0 Å². The molecule has 0 unspecified atom stereocenters. The van der Waals surface area contributed by atoms with Gasteiger partial charge in [0.15, 0.2) is 0 Å². The van der Waals surface area contributed by atoms with Crippen LogP contribution in [-0.4, -0.2) is 25.8 Å². The van der Waals surface area contributed by atoms with E-state index in [9.17, 15) is 18.5 Å². The molecule has 0 amide bonds. The minimum absolute atomic E-state index is 0.0341. The van der Waals surface area contributed by atoms with E-state index in [4.69, 9.17) is 0 Å². The average molecular weight is 243 g/mol. The van der Waals surface area contributed by atoms with Crippen LogP contribution < -0.4 is 4.83 Å². The highest BCUT2D eigenvalue weighted by molar-refractivity contribution is 7.88. The monoisotopic (exact) mass is 243 g/mol. The average Bonchev–Trinajstić information content (AvgIpc) is 2.16. The zero-order valence-corrected chi connectivity index (χ0v) is 9.14. The second-order valence-corrected chi connectivity index (χ2v) is 4.70. The highest BCUT2D eigenvalue weighted by Crippen LogP contribution is 2.10. The Morgan fingerprint density at radius 2 is 1.94 bits per heavy atom. The van der Waals surface area contributed by atoms with E-state index in [1.54, 1.807) is 0 Å². The molecule has 8 heteroatoms. The van der Waals surface area contributed by atoms with Crippen molar-refractivity contribution in [3.05, 3.63) is 39.9 Å². The summed E-state index contributed by atoms with van der Waals surface area (Å²) in [7, 11) is -3.37. The fraction of sp³-hybridized carbons (Fsp3) is 0.125. The van der Waals surface area contributed by atoms with E-state index in [1.165, 1.54) is 30.5 Å². The van der Waals surface area contributed by atoms with Gasteiger partial charge in [0.2, 0.25) is 10.0 Å². The minimum atomic E-state index is -3.37. The van der Waals surface area contributed by atoms with Gasteiger partial charge in [-0.1, -0.05) is 0 Å². The Balaban J connectivity index is 2.73. The van der Waals surface area contributed by atoms with Crippen LogP contribution in [0.5, 0.6) is 0 Å². The van der Waals surface area contributed by atoms with E-state index in [2.05, 4.69) is 5.10 Å². The lowest BCUT2D eigenvalue weighted by Gasteiger charge is -1.95. The van der Waals surface area contributed by atoms with Crippen LogP contribution in [-0.2, 0) is 10.0 Å². The molecule has 0 atom stereocenters. The molecule has 0 bridgehead atoms. The highest BCUT2D eigenvalue weighted by Gasteiger charge is 2.02. The van der Waals surface area contributed by atoms with E-state index in [-0.39, 0.29) is 5.69 Å². The Labute approximate surface area is 92.0 Å². The molecule has 86 valence electrons. The van der Waals surface area contributed by atoms with Crippen LogP contribution in [0.2, 0.25) is 0 Å². The second-order valence-electron chi connectivity index (χ2n) is 2.97. The number of nitrogens with zero attached hydrogens (tertiary/aromatic N) is 2. The summed E-state index contributed by atoms with van der Waals surface area (Å²) in [4.78, 5) is 11.7. The van der Waals surface area contributed by atoms with E-state index in [0.29, 0.717) is 5.56 Å². The first kappa shape index (κ1) is 12.1. The van der Waals surface area contributed by atoms with Crippen molar-refractivity contribution in [3.8, 4) is 0 Å².